The van der Waals surface area contributed by atoms with E-state index < -0.39 is 83.4 Å². The molecule has 0 aliphatic carbocycles. The highest BCUT2D eigenvalue weighted by Crippen LogP contribution is 2.46. The predicted octanol–water partition coefficient (Wildman–Crippen LogP) is 4.72. The number of hydrogen-bond donors (Lipinski definition) is 2. The molecular formula is C43H68N2O10. The standard InChI is InChI=1S/C43H68N2O10/c1-11-34-43(8)32(21-35(46)55-43)27(4)36(47)25(2)22-42(7)39(54-41-37(48)33(45(9)10)20-26(3)52-41)28(5)38(29(6)40(49)53-34)50-23-31(24-51-42)44-19-15-18-30-16-13-12-14-17-30/h12-14,16-17,25-29,31-34,37-39,41,44,48H,11,15,18-24H2,1-10H3/t25-,26-,27-,28+,29-,31?,32+,33+,34-,37-,38+,39-,41+,42-,43+/m1/s1. The molecule has 0 radical (unpaired) electrons. The second kappa shape index (κ2) is 18.4. The van der Waals surface area contributed by atoms with Gasteiger partial charge in [-0.25, -0.2) is 0 Å². The van der Waals surface area contributed by atoms with E-state index in [4.69, 9.17) is 28.4 Å². The van der Waals surface area contributed by atoms with Crippen LogP contribution in [-0.4, -0.2) is 122 Å². The maximum Gasteiger partial charge on any atom is 0.311 e. The Balaban J connectivity index is 1.54. The topological polar surface area (TPSA) is 142 Å². The fourth-order valence-electron chi connectivity index (χ4n) is 9.80. The van der Waals surface area contributed by atoms with Gasteiger partial charge in [-0.3, -0.25) is 14.4 Å². The molecule has 12 heteroatoms. The van der Waals surface area contributed by atoms with Crippen LogP contribution in [0.25, 0.3) is 0 Å². The molecule has 2 N–H and O–H groups in total. The van der Waals surface area contributed by atoms with Crippen LogP contribution in [0.15, 0.2) is 30.3 Å². The number of rotatable bonds is 9. The van der Waals surface area contributed by atoms with Crippen LogP contribution >= 0.6 is 0 Å². The van der Waals surface area contributed by atoms with Crippen LogP contribution in [0.1, 0.15) is 93.1 Å². The number of benzene rings is 1. The molecule has 1 unspecified atom stereocenters. The van der Waals surface area contributed by atoms with Gasteiger partial charge in [-0.1, -0.05) is 58.0 Å². The molecule has 1 aromatic carbocycles. The molecule has 4 fully saturated rings. The molecule has 0 spiro atoms. The summed E-state index contributed by atoms with van der Waals surface area (Å²) in [7, 11) is 3.86. The van der Waals surface area contributed by atoms with Crippen molar-refractivity contribution in [2.45, 2.75) is 154 Å². The summed E-state index contributed by atoms with van der Waals surface area (Å²) in [5.41, 5.74) is -1.02. The van der Waals surface area contributed by atoms with Crippen molar-refractivity contribution in [2.24, 2.45) is 29.6 Å². The lowest BCUT2D eigenvalue weighted by atomic mass is 9.70. The molecule has 4 aliphatic heterocycles. The molecule has 5 rings (SSSR count). The monoisotopic (exact) mass is 772 g/mol. The van der Waals surface area contributed by atoms with Crippen molar-refractivity contribution in [1.82, 2.24) is 10.2 Å². The third-order valence-electron chi connectivity index (χ3n) is 13.0. The van der Waals surface area contributed by atoms with Crippen molar-refractivity contribution in [1.29, 1.82) is 0 Å². The van der Waals surface area contributed by atoms with Crippen LogP contribution in [0.2, 0.25) is 0 Å². The van der Waals surface area contributed by atoms with Gasteiger partial charge in [-0.2, -0.15) is 0 Å². The first kappa shape index (κ1) is 43.7. The summed E-state index contributed by atoms with van der Waals surface area (Å²) in [6.07, 6.45) is -1.25. The number of esters is 2. The first-order valence-electron chi connectivity index (χ1n) is 20.6. The molecule has 55 heavy (non-hydrogen) atoms. The van der Waals surface area contributed by atoms with Gasteiger partial charge in [0.2, 0.25) is 0 Å². The SMILES string of the molecule is CC[C@H]1OC(=O)[C@H](C)[C@H]2OCC(NCCCc3ccccc3)CO[C@](C)(C[C@@H](C)C(=O)[C@H](C)[C@@H]3CC(=O)O[C@]13C)[C@H](O[C@@H]1O[C@H](C)C[C@H](N(C)C)[C@H]1O)[C@H]2C. The number of cyclic esters (lactones) is 1. The van der Waals surface area contributed by atoms with E-state index in [0.29, 0.717) is 12.8 Å². The van der Waals surface area contributed by atoms with Crippen LogP contribution in [-0.2, 0) is 49.2 Å². The first-order chi connectivity index (χ1) is 26.0. The summed E-state index contributed by atoms with van der Waals surface area (Å²) in [5, 5.41) is 15.3. The van der Waals surface area contributed by atoms with E-state index in [1.54, 1.807) is 6.92 Å². The molecule has 0 saturated carbocycles. The molecule has 4 saturated heterocycles. The molecule has 1 aromatic rings. The molecule has 310 valence electrons. The lowest BCUT2D eigenvalue weighted by Gasteiger charge is -2.48. The highest BCUT2D eigenvalue weighted by molar-refractivity contribution is 5.85. The van der Waals surface area contributed by atoms with Gasteiger partial charge in [0.05, 0.1) is 55.5 Å². The Kier molecular flexibility index (Phi) is 14.6. The summed E-state index contributed by atoms with van der Waals surface area (Å²) < 4.78 is 39.3. The summed E-state index contributed by atoms with van der Waals surface area (Å²) >= 11 is 0. The highest BCUT2D eigenvalue weighted by atomic mass is 16.7. The number of ketones is 1. The minimum absolute atomic E-state index is 0.0316. The Hall–Kier alpha value is -2.45. The van der Waals surface area contributed by atoms with Crippen molar-refractivity contribution in [3.05, 3.63) is 35.9 Å². The van der Waals surface area contributed by atoms with E-state index in [-0.39, 0.29) is 50.0 Å². The third kappa shape index (κ3) is 9.82. The maximum atomic E-state index is 14.5. The van der Waals surface area contributed by atoms with E-state index >= 15 is 0 Å². The van der Waals surface area contributed by atoms with Crippen LogP contribution < -0.4 is 5.32 Å². The molecule has 15 atom stereocenters. The van der Waals surface area contributed by atoms with Crippen LogP contribution in [0.3, 0.4) is 0 Å². The van der Waals surface area contributed by atoms with Crippen LogP contribution in [0, 0.1) is 29.6 Å². The van der Waals surface area contributed by atoms with Crippen molar-refractivity contribution >= 4 is 17.7 Å². The number of likely N-dealkylation sites (N-methyl/N-ethyl adjacent to an activating group) is 1. The first-order valence-corrected chi connectivity index (χ1v) is 20.6. The lowest BCUT2D eigenvalue weighted by molar-refractivity contribution is -0.302. The smallest absolute Gasteiger partial charge is 0.311 e. The summed E-state index contributed by atoms with van der Waals surface area (Å²) in [6, 6.07) is 9.91. The van der Waals surface area contributed by atoms with Crippen molar-refractivity contribution in [2.75, 3.05) is 33.9 Å². The van der Waals surface area contributed by atoms with Crippen LogP contribution in [0.5, 0.6) is 0 Å². The predicted molar refractivity (Wildman–Crippen MR) is 207 cm³/mol. The Bertz CT molecular complexity index is 1450. The number of nitrogens with zero attached hydrogens (tertiary/aromatic N) is 1. The molecule has 2 bridgehead atoms. The zero-order valence-corrected chi connectivity index (χ0v) is 34.8. The van der Waals surface area contributed by atoms with Crippen molar-refractivity contribution in [3.8, 4) is 0 Å². The van der Waals surface area contributed by atoms with Gasteiger partial charge in [0.25, 0.3) is 0 Å². The summed E-state index contributed by atoms with van der Waals surface area (Å²) in [4.78, 5) is 43.7. The quantitative estimate of drug-likeness (QED) is 0.265. The average Bonchev–Trinajstić information content (AvgIpc) is 3.48. The van der Waals surface area contributed by atoms with Gasteiger partial charge < -0.3 is 43.7 Å². The van der Waals surface area contributed by atoms with Gasteiger partial charge >= 0.3 is 11.9 Å². The molecule has 4 heterocycles. The number of aliphatic hydroxyl groups excluding tert-OH is 1. The van der Waals surface area contributed by atoms with Gasteiger partial charge in [-0.05, 0) is 86.0 Å². The van der Waals surface area contributed by atoms with Gasteiger partial charge in [-0.15, -0.1) is 0 Å². The van der Waals surface area contributed by atoms with Crippen LogP contribution in [0.4, 0.5) is 0 Å². The zero-order valence-electron chi connectivity index (χ0n) is 34.8. The molecule has 12 nitrogen and oxygen atoms in total. The van der Waals surface area contributed by atoms with E-state index in [0.717, 1.165) is 19.4 Å². The largest absolute Gasteiger partial charge is 0.458 e. The number of ether oxygens (including phenoxy) is 6. The molecular weight excluding hydrogens is 704 g/mol. The fourth-order valence-corrected chi connectivity index (χ4v) is 9.80. The third-order valence-corrected chi connectivity index (χ3v) is 13.0. The minimum atomic E-state index is -1.18. The normalized spacial score (nSPS) is 42.1. The number of Topliss-reactive ketones (excluding diaryl/α,β-unsaturated/α-hetero) is 1. The van der Waals surface area contributed by atoms with Gasteiger partial charge in [0.1, 0.15) is 23.6 Å². The van der Waals surface area contributed by atoms with Crippen molar-refractivity contribution < 1.29 is 47.9 Å². The van der Waals surface area contributed by atoms with Crippen molar-refractivity contribution in [3.63, 3.8) is 0 Å². The average molecular weight is 773 g/mol. The van der Waals surface area contributed by atoms with Gasteiger partial charge in [0.15, 0.2) is 6.29 Å². The molecule has 0 amide bonds. The van der Waals surface area contributed by atoms with E-state index in [1.807, 2.05) is 85.7 Å². The highest BCUT2D eigenvalue weighted by Gasteiger charge is 2.57. The van der Waals surface area contributed by atoms with E-state index in [2.05, 4.69) is 17.4 Å². The number of carbonyl (C=O) groups excluding carboxylic acids is 3. The summed E-state index contributed by atoms with van der Waals surface area (Å²) in [6.45, 7) is 16.4. The zero-order chi connectivity index (χ0) is 40.2. The molecule has 4 aliphatic rings. The number of nitrogens with one attached hydrogen (secondary N) is 1. The Morgan fingerprint density at radius 2 is 1.71 bits per heavy atom. The summed E-state index contributed by atoms with van der Waals surface area (Å²) in [5.74, 6) is -3.76. The van der Waals surface area contributed by atoms with E-state index in [9.17, 15) is 19.5 Å². The number of hydrogen-bond acceptors (Lipinski definition) is 12. The Morgan fingerprint density at radius 3 is 2.38 bits per heavy atom. The fraction of sp³-hybridized carbons (Fsp3) is 0.791. The van der Waals surface area contributed by atoms with E-state index in [1.165, 1.54) is 5.56 Å². The minimum Gasteiger partial charge on any atom is -0.458 e. The number of aryl methyl sites for hydroxylation is 1. The number of fused-ring (bicyclic) bond motifs is 4. The molecule has 0 aromatic heterocycles. The number of aliphatic hydroxyl groups is 1. The second-order valence-electron chi connectivity index (χ2n) is 17.5. The Labute approximate surface area is 328 Å². The van der Waals surface area contributed by atoms with Gasteiger partial charge in [0, 0.05) is 29.7 Å². The Morgan fingerprint density at radius 1 is 1.00 bits per heavy atom. The maximum absolute atomic E-state index is 14.5. The second-order valence-corrected chi connectivity index (χ2v) is 17.5. The lowest BCUT2D eigenvalue weighted by Crippen LogP contribution is -2.60. The number of carbonyl (C=O) groups is 3.